The van der Waals surface area contributed by atoms with Crippen LogP contribution in [0.15, 0.2) is 34.1 Å². The summed E-state index contributed by atoms with van der Waals surface area (Å²) in [5.41, 5.74) is 11.7. The molecule has 0 atom stereocenters. The van der Waals surface area contributed by atoms with Gasteiger partial charge >= 0.3 is 16.5 Å². The Balaban J connectivity index is 0.000000483. The summed E-state index contributed by atoms with van der Waals surface area (Å²) < 4.78 is 64.0. The van der Waals surface area contributed by atoms with Gasteiger partial charge in [0.15, 0.2) is 0 Å². The molecular weight excluding hydrogens is 486 g/mol. The van der Waals surface area contributed by atoms with E-state index in [0.29, 0.717) is 11.1 Å². The van der Waals surface area contributed by atoms with Gasteiger partial charge in [0, 0.05) is 10.0 Å². The number of aryl methyl sites for hydroxylation is 2. The molecule has 152 valence electrons. The molecule has 0 heterocycles. The smallest absolute Gasteiger partial charge is 0.744 e. The average molecular weight is 500 g/mol. The summed E-state index contributed by atoms with van der Waals surface area (Å²) >= 11 is 11.1. The van der Waals surface area contributed by atoms with Crippen LogP contribution in [0.1, 0.15) is 11.1 Å². The van der Waals surface area contributed by atoms with Crippen LogP contribution in [0.2, 0.25) is 10.0 Å². The van der Waals surface area contributed by atoms with Crippen LogP contribution in [-0.4, -0.2) is 25.9 Å². The molecule has 8 nitrogen and oxygen atoms in total. The first-order valence-electron chi connectivity index (χ1n) is 6.67. The standard InChI is InChI=1S/2C7H8ClNO3S.Ni/c2*1-4-2-5(8)3-6(7(4)9)13(10,11)12;/h2*2-3H,9H2,1H3,(H,10,11,12);/q;;+2/p-2. The Hall–Kier alpha value is -1.07. The van der Waals surface area contributed by atoms with E-state index in [-0.39, 0.29) is 37.9 Å². The third kappa shape index (κ3) is 7.11. The molecular formula is C14H14Cl2N2NiO6S2. The number of hydrogen-bond acceptors (Lipinski definition) is 8. The van der Waals surface area contributed by atoms with Crippen molar-refractivity contribution >= 4 is 54.8 Å². The van der Waals surface area contributed by atoms with Crippen molar-refractivity contribution in [3.05, 3.63) is 45.4 Å². The fraction of sp³-hybridized carbons (Fsp3) is 0.143. The van der Waals surface area contributed by atoms with E-state index in [1.165, 1.54) is 12.1 Å². The molecule has 0 amide bonds. The van der Waals surface area contributed by atoms with Gasteiger partial charge in [0.25, 0.3) is 0 Å². The Bertz CT molecular complexity index is 974. The minimum Gasteiger partial charge on any atom is -0.744 e. The van der Waals surface area contributed by atoms with E-state index in [2.05, 4.69) is 0 Å². The average Bonchev–Trinajstić information content (AvgIpc) is 2.45. The normalized spacial score (nSPS) is 11.2. The van der Waals surface area contributed by atoms with Gasteiger partial charge in [0.2, 0.25) is 0 Å². The Labute approximate surface area is 177 Å². The molecule has 0 spiro atoms. The molecule has 13 heteroatoms. The van der Waals surface area contributed by atoms with Crippen LogP contribution in [0.3, 0.4) is 0 Å². The molecule has 2 aromatic carbocycles. The van der Waals surface area contributed by atoms with Crippen molar-refractivity contribution in [1.82, 2.24) is 0 Å². The molecule has 0 radical (unpaired) electrons. The zero-order chi connectivity index (χ0) is 20.4. The summed E-state index contributed by atoms with van der Waals surface area (Å²) in [6.45, 7) is 3.16. The SMILES string of the molecule is Cc1cc(Cl)cc(S(=O)(=O)[O-])c1N.Cc1cc(Cl)cc(S(=O)(=O)[O-])c1N.[Ni+2]. The molecule has 0 unspecified atom stereocenters. The van der Waals surface area contributed by atoms with E-state index >= 15 is 0 Å². The van der Waals surface area contributed by atoms with Gasteiger partial charge in [0.1, 0.15) is 20.2 Å². The van der Waals surface area contributed by atoms with Crippen molar-refractivity contribution < 1.29 is 42.4 Å². The molecule has 0 aromatic heterocycles. The second-order valence-corrected chi connectivity index (χ2v) is 8.75. The number of hydrogen-bond donors (Lipinski definition) is 2. The molecule has 0 bridgehead atoms. The van der Waals surface area contributed by atoms with E-state index < -0.39 is 30.0 Å². The van der Waals surface area contributed by atoms with Crippen LogP contribution < -0.4 is 11.5 Å². The zero-order valence-corrected chi connectivity index (χ0v) is 17.9. The summed E-state index contributed by atoms with van der Waals surface area (Å²) in [6, 6.07) is 5.08. The van der Waals surface area contributed by atoms with Crippen LogP contribution >= 0.6 is 23.2 Å². The van der Waals surface area contributed by atoms with Crippen LogP contribution in [0.4, 0.5) is 11.4 Å². The van der Waals surface area contributed by atoms with Crippen molar-refractivity contribution in [2.75, 3.05) is 11.5 Å². The van der Waals surface area contributed by atoms with Crippen molar-refractivity contribution in [2.24, 2.45) is 0 Å². The third-order valence-electron chi connectivity index (χ3n) is 3.17. The van der Waals surface area contributed by atoms with E-state index in [4.69, 9.17) is 34.7 Å². The van der Waals surface area contributed by atoms with Gasteiger partial charge in [-0.05, 0) is 49.2 Å². The Kier molecular flexibility index (Phi) is 9.05. The van der Waals surface area contributed by atoms with Gasteiger partial charge in [-0.15, -0.1) is 0 Å². The van der Waals surface area contributed by atoms with Crippen LogP contribution in [-0.2, 0) is 36.7 Å². The number of anilines is 2. The molecule has 2 aromatic rings. The van der Waals surface area contributed by atoms with Gasteiger partial charge in [-0.25, -0.2) is 16.8 Å². The van der Waals surface area contributed by atoms with Gasteiger partial charge in [-0.2, -0.15) is 0 Å². The monoisotopic (exact) mass is 498 g/mol. The van der Waals surface area contributed by atoms with Crippen molar-refractivity contribution in [1.29, 1.82) is 0 Å². The fourth-order valence-corrected chi connectivity index (χ4v) is 3.94. The first kappa shape index (κ1) is 25.9. The van der Waals surface area contributed by atoms with E-state index in [0.717, 1.165) is 12.1 Å². The minimum atomic E-state index is -4.54. The van der Waals surface area contributed by atoms with Crippen molar-refractivity contribution in [3.8, 4) is 0 Å². The van der Waals surface area contributed by atoms with Crippen molar-refractivity contribution in [3.63, 3.8) is 0 Å². The third-order valence-corrected chi connectivity index (χ3v) is 5.36. The molecule has 0 aliphatic heterocycles. The van der Waals surface area contributed by atoms with Crippen molar-refractivity contribution in [2.45, 2.75) is 23.6 Å². The summed E-state index contributed by atoms with van der Waals surface area (Å²) in [5.74, 6) is 0. The Morgan fingerprint density at radius 3 is 1.22 bits per heavy atom. The summed E-state index contributed by atoms with van der Waals surface area (Å²) in [5, 5.41) is 0.363. The van der Waals surface area contributed by atoms with E-state index in [1.54, 1.807) is 13.8 Å². The van der Waals surface area contributed by atoms with E-state index in [9.17, 15) is 25.9 Å². The number of nitrogens with two attached hydrogens (primary N) is 2. The quantitative estimate of drug-likeness (QED) is 0.360. The minimum absolute atomic E-state index is 0. The van der Waals surface area contributed by atoms with Crippen LogP contribution in [0.5, 0.6) is 0 Å². The second-order valence-electron chi connectivity index (χ2n) is 5.18. The molecule has 0 aliphatic carbocycles. The molecule has 0 saturated heterocycles. The fourth-order valence-electron chi connectivity index (χ4n) is 1.86. The zero-order valence-electron chi connectivity index (χ0n) is 13.8. The van der Waals surface area contributed by atoms with Gasteiger partial charge in [0.05, 0.1) is 21.2 Å². The first-order chi connectivity index (χ1) is 11.6. The molecule has 4 N–H and O–H groups in total. The van der Waals surface area contributed by atoms with Gasteiger partial charge in [-0.1, -0.05) is 23.2 Å². The second kappa shape index (κ2) is 9.42. The van der Waals surface area contributed by atoms with Crippen LogP contribution in [0.25, 0.3) is 0 Å². The molecule has 0 fully saturated rings. The largest absolute Gasteiger partial charge is 2.00 e. The summed E-state index contributed by atoms with van der Waals surface area (Å²) in [4.78, 5) is -0.921. The number of benzene rings is 2. The van der Waals surface area contributed by atoms with Gasteiger partial charge < -0.3 is 20.6 Å². The molecule has 27 heavy (non-hydrogen) atoms. The summed E-state index contributed by atoms with van der Waals surface area (Å²) in [6.07, 6.45) is 0. The topological polar surface area (TPSA) is 166 Å². The van der Waals surface area contributed by atoms with Crippen LogP contribution in [0, 0.1) is 13.8 Å². The van der Waals surface area contributed by atoms with E-state index in [1.807, 2.05) is 0 Å². The number of rotatable bonds is 2. The maximum Gasteiger partial charge on any atom is 2.00 e. The Morgan fingerprint density at radius 2 is 1.00 bits per heavy atom. The molecule has 0 aliphatic rings. The first-order valence-corrected chi connectivity index (χ1v) is 10.2. The molecule has 2 rings (SSSR count). The maximum atomic E-state index is 10.7. The maximum absolute atomic E-state index is 10.7. The number of halogens is 2. The predicted octanol–water partition coefficient (Wildman–Crippen LogP) is 2.27. The summed E-state index contributed by atoms with van der Waals surface area (Å²) in [7, 11) is -9.08. The predicted molar refractivity (Wildman–Crippen MR) is 97.1 cm³/mol. The van der Waals surface area contributed by atoms with Gasteiger partial charge in [-0.3, -0.25) is 0 Å². The Morgan fingerprint density at radius 1 is 0.741 bits per heavy atom. The molecule has 0 saturated carbocycles. The number of nitrogen functional groups attached to an aromatic ring is 2.